The predicted octanol–water partition coefficient (Wildman–Crippen LogP) is 2.14. The van der Waals surface area contributed by atoms with Gasteiger partial charge in [-0.25, -0.2) is 5.43 Å². The van der Waals surface area contributed by atoms with E-state index >= 15 is 0 Å². The highest BCUT2D eigenvalue weighted by Crippen LogP contribution is 2.12. The molecule has 1 N–H and O–H groups in total. The Morgan fingerprint density at radius 2 is 1.91 bits per heavy atom. The van der Waals surface area contributed by atoms with Crippen molar-refractivity contribution in [1.29, 1.82) is 5.26 Å². The third-order valence-electron chi connectivity index (χ3n) is 2.84. The summed E-state index contributed by atoms with van der Waals surface area (Å²) in [6.07, 6.45) is 3.09. The number of nitrogens with one attached hydrogen (secondary N) is 1. The summed E-state index contributed by atoms with van der Waals surface area (Å²) in [6.45, 7) is 1.80. The Labute approximate surface area is 128 Å². The SMILES string of the molecule is C/C(=N/NC(=O)c1ccncc1)c1ccc(OCC#N)cc1. The van der Waals surface area contributed by atoms with Gasteiger partial charge in [-0.2, -0.15) is 10.4 Å². The Morgan fingerprint density at radius 1 is 1.23 bits per heavy atom. The number of ether oxygens (including phenoxy) is 1. The molecule has 0 unspecified atom stereocenters. The molecule has 0 bridgehead atoms. The van der Waals surface area contributed by atoms with Crippen LogP contribution in [-0.2, 0) is 0 Å². The summed E-state index contributed by atoms with van der Waals surface area (Å²) in [5.74, 6) is 0.314. The monoisotopic (exact) mass is 294 g/mol. The highest BCUT2D eigenvalue weighted by Gasteiger charge is 2.04. The van der Waals surface area contributed by atoms with Gasteiger partial charge in [0.25, 0.3) is 5.91 Å². The number of hydrogen-bond acceptors (Lipinski definition) is 5. The molecule has 110 valence electrons. The zero-order valence-corrected chi connectivity index (χ0v) is 12.0. The molecular formula is C16H14N4O2. The van der Waals surface area contributed by atoms with E-state index in [2.05, 4.69) is 15.5 Å². The molecule has 1 aromatic carbocycles. The van der Waals surface area contributed by atoms with E-state index in [9.17, 15) is 4.79 Å². The van der Waals surface area contributed by atoms with Crippen molar-refractivity contribution in [2.75, 3.05) is 6.61 Å². The van der Waals surface area contributed by atoms with Crippen LogP contribution >= 0.6 is 0 Å². The summed E-state index contributed by atoms with van der Waals surface area (Å²) in [6, 6.07) is 12.2. The van der Waals surface area contributed by atoms with Gasteiger partial charge < -0.3 is 4.74 Å². The average Bonchev–Trinajstić information content (AvgIpc) is 2.58. The van der Waals surface area contributed by atoms with Crippen molar-refractivity contribution < 1.29 is 9.53 Å². The summed E-state index contributed by atoms with van der Waals surface area (Å²) in [7, 11) is 0. The lowest BCUT2D eigenvalue weighted by atomic mass is 10.1. The third kappa shape index (κ3) is 4.15. The second-order valence-electron chi connectivity index (χ2n) is 4.35. The number of aromatic nitrogens is 1. The maximum atomic E-state index is 11.9. The molecule has 1 aromatic heterocycles. The first-order chi connectivity index (χ1) is 10.7. The number of amides is 1. The normalized spacial score (nSPS) is 10.6. The van der Waals surface area contributed by atoms with Crippen LogP contribution in [0.2, 0.25) is 0 Å². The molecule has 0 saturated carbocycles. The first-order valence-corrected chi connectivity index (χ1v) is 6.55. The van der Waals surface area contributed by atoms with E-state index in [0.717, 1.165) is 5.56 Å². The highest BCUT2D eigenvalue weighted by molar-refractivity contribution is 6.00. The van der Waals surface area contributed by atoms with Crippen molar-refractivity contribution in [2.45, 2.75) is 6.92 Å². The Balaban J connectivity index is 2.00. The summed E-state index contributed by atoms with van der Waals surface area (Å²) in [4.78, 5) is 15.7. The number of carbonyl (C=O) groups excluding carboxylic acids is 1. The lowest BCUT2D eigenvalue weighted by molar-refractivity contribution is 0.0954. The minimum Gasteiger partial charge on any atom is -0.479 e. The zero-order chi connectivity index (χ0) is 15.8. The maximum absolute atomic E-state index is 11.9. The van der Waals surface area contributed by atoms with Crippen molar-refractivity contribution in [2.24, 2.45) is 5.10 Å². The van der Waals surface area contributed by atoms with Crippen molar-refractivity contribution >= 4 is 11.6 Å². The van der Waals surface area contributed by atoms with Crippen LogP contribution in [0.3, 0.4) is 0 Å². The van der Waals surface area contributed by atoms with Crippen LogP contribution in [0.15, 0.2) is 53.9 Å². The molecule has 0 aliphatic carbocycles. The predicted molar refractivity (Wildman–Crippen MR) is 81.5 cm³/mol. The number of hydrogen-bond donors (Lipinski definition) is 1. The number of carbonyl (C=O) groups is 1. The standard InChI is InChI=1S/C16H14N4O2/c1-12(13-2-4-15(5-3-13)22-11-8-17)19-20-16(21)14-6-9-18-10-7-14/h2-7,9-10H,11H2,1H3,(H,20,21)/b19-12-. The van der Waals surface area contributed by atoms with Crippen molar-refractivity contribution in [1.82, 2.24) is 10.4 Å². The Bertz CT molecular complexity index is 703. The van der Waals surface area contributed by atoms with E-state index < -0.39 is 0 Å². The van der Waals surface area contributed by atoms with Gasteiger partial charge in [0.15, 0.2) is 6.61 Å². The van der Waals surface area contributed by atoms with E-state index in [1.807, 2.05) is 18.2 Å². The van der Waals surface area contributed by atoms with Crippen LogP contribution in [0.1, 0.15) is 22.8 Å². The zero-order valence-electron chi connectivity index (χ0n) is 12.0. The molecule has 0 atom stereocenters. The van der Waals surface area contributed by atoms with Crippen molar-refractivity contribution in [3.05, 3.63) is 59.9 Å². The van der Waals surface area contributed by atoms with E-state index in [-0.39, 0.29) is 12.5 Å². The van der Waals surface area contributed by atoms with Crippen LogP contribution in [0, 0.1) is 11.3 Å². The van der Waals surface area contributed by atoms with Gasteiger partial charge in [0.2, 0.25) is 0 Å². The van der Waals surface area contributed by atoms with E-state index in [4.69, 9.17) is 10.00 Å². The lowest BCUT2D eigenvalue weighted by Gasteiger charge is -2.05. The maximum Gasteiger partial charge on any atom is 0.271 e. The molecule has 6 heteroatoms. The molecule has 2 aromatic rings. The molecule has 0 spiro atoms. The molecule has 22 heavy (non-hydrogen) atoms. The van der Waals surface area contributed by atoms with E-state index in [0.29, 0.717) is 17.0 Å². The third-order valence-corrected chi connectivity index (χ3v) is 2.84. The molecule has 0 fully saturated rings. The van der Waals surface area contributed by atoms with Gasteiger partial charge in [-0.15, -0.1) is 0 Å². The lowest BCUT2D eigenvalue weighted by Crippen LogP contribution is -2.19. The number of nitrogens with zero attached hydrogens (tertiary/aromatic N) is 3. The fourth-order valence-electron chi connectivity index (χ4n) is 1.67. The highest BCUT2D eigenvalue weighted by atomic mass is 16.5. The average molecular weight is 294 g/mol. The number of benzene rings is 1. The van der Waals surface area contributed by atoms with Crippen LogP contribution in [0.5, 0.6) is 5.75 Å². The molecule has 0 saturated heterocycles. The summed E-state index contributed by atoms with van der Waals surface area (Å²) < 4.78 is 5.17. The van der Waals surface area contributed by atoms with Gasteiger partial charge in [0, 0.05) is 18.0 Å². The topological polar surface area (TPSA) is 87.4 Å². The fraction of sp³-hybridized carbons (Fsp3) is 0.125. The molecule has 0 aliphatic rings. The van der Waals surface area contributed by atoms with Gasteiger partial charge in [-0.3, -0.25) is 9.78 Å². The number of hydrazone groups is 1. The Morgan fingerprint density at radius 3 is 2.55 bits per heavy atom. The van der Waals surface area contributed by atoms with Crippen molar-refractivity contribution in [3.8, 4) is 11.8 Å². The second-order valence-corrected chi connectivity index (χ2v) is 4.35. The Hall–Kier alpha value is -3.20. The summed E-state index contributed by atoms with van der Waals surface area (Å²) in [5.41, 5.74) is 4.49. The molecule has 6 nitrogen and oxygen atoms in total. The van der Waals surface area contributed by atoms with Crippen molar-refractivity contribution in [3.63, 3.8) is 0 Å². The molecule has 0 aliphatic heterocycles. The number of rotatable bonds is 5. The number of nitriles is 1. The second kappa shape index (κ2) is 7.55. The summed E-state index contributed by atoms with van der Waals surface area (Å²) >= 11 is 0. The summed E-state index contributed by atoms with van der Waals surface area (Å²) in [5, 5.41) is 12.5. The van der Waals surface area contributed by atoms with Gasteiger partial charge >= 0.3 is 0 Å². The quantitative estimate of drug-likeness (QED) is 0.676. The molecule has 1 amide bonds. The first kappa shape index (κ1) is 15.2. The van der Waals surface area contributed by atoms with Gasteiger partial charge in [-0.05, 0) is 48.9 Å². The molecule has 0 radical (unpaired) electrons. The minimum absolute atomic E-state index is 0.00834. The van der Waals surface area contributed by atoms with Crippen LogP contribution < -0.4 is 10.2 Å². The van der Waals surface area contributed by atoms with Crippen LogP contribution in [0.25, 0.3) is 0 Å². The molecule has 1 heterocycles. The largest absolute Gasteiger partial charge is 0.479 e. The molecular weight excluding hydrogens is 280 g/mol. The van der Waals surface area contributed by atoms with E-state index in [1.54, 1.807) is 43.6 Å². The van der Waals surface area contributed by atoms with E-state index in [1.165, 1.54) is 0 Å². The van der Waals surface area contributed by atoms with Crippen LogP contribution in [-0.4, -0.2) is 23.2 Å². The van der Waals surface area contributed by atoms with Gasteiger partial charge in [0.05, 0.1) is 5.71 Å². The smallest absolute Gasteiger partial charge is 0.271 e. The first-order valence-electron chi connectivity index (χ1n) is 6.55. The van der Waals surface area contributed by atoms with Gasteiger partial charge in [0.1, 0.15) is 11.8 Å². The van der Waals surface area contributed by atoms with Gasteiger partial charge in [-0.1, -0.05) is 0 Å². The number of pyridine rings is 1. The molecule has 2 rings (SSSR count). The minimum atomic E-state index is -0.296. The Kier molecular flexibility index (Phi) is 5.21. The fourth-order valence-corrected chi connectivity index (χ4v) is 1.67. The van der Waals surface area contributed by atoms with Crippen LogP contribution in [0.4, 0.5) is 0 Å².